The van der Waals surface area contributed by atoms with Gasteiger partial charge in [0.25, 0.3) is 0 Å². The minimum Gasteiger partial charge on any atom is -0.332 e. The predicted octanol–water partition coefficient (Wildman–Crippen LogP) is 5.38. The number of nitrogens with one attached hydrogen (secondary N) is 2. The number of halogens is 1. The quantitative estimate of drug-likeness (QED) is 0.480. The molecular weight excluding hydrogens is 352 g/mol. The van der Waals surface area contributed by atoms with Crippen LogP contribution >= 0.6 is 23.8 Å². The van der Waals surface area contributed by atoms with Gasteiger partial charge < -0.3 is 10.6 Å². The van der Waals surface area contributed by atoms with Crippen LogP contribution < -0.4 is 10.6 Å². The van der Waals surface area contributed by atoms with Crippen LogP contribution in [0.2, 0.25) is 5.02 Å². The molecule has 3 aromatic rings. The summed E-state index contributed by atoms with van der Waals surface area (Å²) in [4.78, 5) is 12.7. The van der Waals surface area contributed by atoms with Crippen LogP contribution in [0.1, 0.15) is 15.9 Å². The third-order valence-electron chi connectivity index (χ3n) is 3.58. The summed E-state index contributed by atoms with van der Waals surface area (Å²) in [5.74, 6) is -0.0655. The van der Waals surface area contributed by atoms with Gasteiger partial charge in [0.1, 0.15) is 0 Å². The van der Waals surface area contributed by atoms with E-state index in [4.69, 9.17) is 23.8 Å². The number of thiocarbonyl (C=S) groups is 1. The molecule has 25 heavy (non-hydrogen) atoms. The zero-order valence-corrected chi connectivity index (χ0v) is 14.8. The number of rotatable bonds is 4. The zero-order valence-electron chi connectivity index (χ0n) is 13.2. The number of hydrogen-bond donors (Lipinski definition) is 2. The van der Waals surface area contributed by atoms with Crippen LogP contribution in [0.15, 0.2) is 78.9 Å². The fourth-order valence-corrected chi connectivity index (χ4v) is 2.78. The molecule has 0 atom stereocenters. The summed E-state index contributed by atoms with van der Waals surface area (Å²) >= 11 is 11.5. The lowest BCUT2D eigenvalue weighted by Gasteiger charge is -2.14. The van der Waals surface area contributed by atoms with Gasteiger partial charge in [0.05, 0.1) is 16.4 Å². The minimum absolute atomic E-state index is 0.0655. The molecule has 0 aliphatic rings. The van der Waals surface area contributed by atoms with Gasteiger partial charge in [-0.1, -0.05) is 66.2 Å². The molecule has 0 fully saturated rings. The molecule has 3 aromatic carbocycles. The topological polar surface area (TPSA) is 41.1 Å². The summed E-state index contributed by atoms with van der Waals surface area (Å²) in [5, 5.41) is 7.05. The number of benzene rings is 3. The number of para-hydroxylation sites is 2. The van der Waals surface area contributed by atoms with Crippen LogP contribution in [0, 0.1) is 0 Å². The van der Waals surface area contributed by atoms with Gasteiger partial charge in [-0.2, -0.15) is 0 Å². The first-order chi connectivity index (χ1) is 12.1. The van der Waals surface area contributed by atoms with Crippen LogP contribution in [0.5, 0.6) is 0 Å². The molecule has 5 heteroatoms. The Morgan fingerprint density at radius 3 is 2.04 bits per heavy atom. The van der Waals surface area contributed by atoms with Crippen molar-refractivity contribution in [2.45, 2.75) is 0 Å². The molecule has 0 bridgehead atoms. The van der Waals surface area contributed by atoms with Crippen molar-refractivity contribution in [1.29, 1.82) is 0 Å². The third-order valence-corrected chi connectivity index (χ3v) is 4.11. The van der Waals surface area contributed by atoms with E-state index in [1.54, 1.807) is 24.3 Å². The van der Waals surface area contributed by atoms with Gasteiger partial charge >= 0.3 is 0 Å². The summed E-state index contributed by atoms with van der Waals surface area (Å²) in [6, 6.07) is 23.7. The summed E-state index contributed by atoms with van der Waals surface area (Å²) < 4.78 is 0. The first kappa shape index (κ1) is 17.1. The standard InChI is InChI=1S/C20H15ClN2OS/c21-16-11-5-7-13-18(16)23-20(25)22-17-12-6-4-10-15(17)19(24)14-8-2-1-3-9-14/h1-13H,(H2,22,23,25). The molecule has 0 spiro atoms. The van der Waals surface area contributed by atoms with Crippen LogP contribution in [-0.4, -0.2) is 10.9 Å². The maximum absolute atomic E-state index is 12.7. The Kier molecular flexibility index (Phi) is 5.43. The Bertz CT molecular complexity index is 912. The Hall–Kier alpha value is -2.69. The molecule has 0 heterocycles. The van der Waals surface area contributed by atoms with Crippen LogP contribution in [0.4, 0.5) is 11.4 Å². The molecule has 0 aromatic heterocycles. The molecule has 0 saturated carbocycles. The van der Waals surface area contributed by atoms with Gasteiger partial charge in [0.2, 0.25) is 0 Å². The lowest BCUT2D eigenvalue weighted by Crippen LogP contribution is -2.21. The lowest BCUT2D eigenvalue weighted by atomic mass is 10.0. The zero-order chi connectivity index (χ0) is 17.6. The normalized spacial score (nSPS) is 10.1. The molecule has 3 nitrogen and oxygen atoms in total. The Balaban J connectivity index is 1.81. The first-order valence-electron chi connectivity index (χ1n) is 7.66. The average Bonchev–Trinajstić information content (AvgIpc) is 2.64. The summed E-state index contributed by atoms with van der Waals surface area (Å²) in [6.45, 7) is 0. The number of hydrogen-bond acceptors (Lipinski definition) is 2. The van der Waals surface area contributed by atoms with Crippen molar-refractivity contribution in [3.63, 3.8) is 0 Å². The first-order valence-corrected chi connectivity index (χ1v) is 8.45. The van der Waals surface area contributed by atoms with E-state index in [0.29, 0.717) is 32.6 Å². The highest BCUT2D eigenvalue weighted by molar-refractivity contribution is 7.80. The highest BCUT2D eigenvalue weighted by atomic mass is 35.5. The van der Waals surface area contributed by atoms with E-state index in [1.165, 1.54) is 0 Å². The van der Waals surface area contributed by atoms with Crippen LogP contribution in [0.3, 0.4) is 0 Å². The highest BCUT2D eigenvalue weighted by Crippen LogP contribution is 2.22. The van der Waals surface area contributed by atoms with E-state index in [2.05, 4.69) is 10.6 Å². The van der Waals surface area contributed by atoms with E-state index in [-0.39, 0.29) is 5.78 Å². The summed E-state index contributed by atoms with van der Waals surface area (Å²) in [7, 11) is 0. The molecule has 124 valence electrons. The summed E-state index contributed by atoms with van der Waals surface area (Å²) in [5.41, 5.74) is 2.52. The van der Waals surface area contributed by atoms with Gasteiger partial charge in [-0.05, 0) is 36.5 Å². The van der Waals surface area contributed by atoms with Crippen molar-refractivity contribution in [3.05, 3.63) is 95.0 Å². The molecular formula is C20H15ClN2OS. The molecule has 3 rings (SSSR count). The second-order valence-corrected chi connectivity index (χ2v) is 6.12. The lowest BCUT2D eigenvalue weighted by molar-refractivity contribution is 0.103. The molecule has 0 aliphatic heterocycles. The SMILES string of the molecule is O=C(c1ccccc1)c1ccccc1NC(=S)Nc1ccccc1Cl. The maximum Gasteiger partial charge on any atom is 0.195 e. The van der Waals surface area contributed by atoms with E-state index in [0.717, 1.165) is 0 Å². The largest absolute Gasteiger partial charge is 0.332 e. The van der Waals surface area contributed by atoms with Gasteiger partial charge in [0.15, 0.2) is 10.9 Å². The van der Waals surface area contributed by atoms with Gasteiger partial charge in [-0.25, -0.2) is 0 Å². The smallest absolute Gasteiger partial charge is 0.195 e. The van der Waals surface area contributed by atoms with Crippen molar-refractivity contribution >= 4 is 46.1 Å². The minimum atomic E-state index is -0.0655. The molecule has 0 unspecified atom stereocenters. The number of carbonyl (C=O) groups excluding carboxylic acids is 1. The second kappa shape index (κ2) is 7.92. The predicted molar refractivity (Wildman–Crippen MR) is 108 cm³/mol. The number of anilines is 2. The van der Waals surface area contributed by atoms with Crippen molar-refractivity contribution < 1.29 is 4.79 Å². The molecule has 0 radical (unpaired) electrons. The van der Waals surface area contributed by atoms with Gasteiger partial charge in [-0.3, -0.25) is 4.79 Å². The Morgan fingerprint density at radius 2 is 1.32 bits per heavy atom. The third kappa shape index (κ3) is 4.24. The molecule has 0 amide bonds. The van der Waals surface area contributed by atoms with E-state index >= 15 is 0 Å². The average molecular weight is 367 g/mol. The molecule has 0 saturated heterocycles. The van der Waals surface area contributed by atoms with Gasteiger partial charge in [0, 0.05) is 11.1 Å². The number of carbonyl (C=O) groups is 1. The Labute approximate surface area is 156 Å². The molecule has 0 aliphatic carbocycles. The fourth-order valence-electron chi connectivity index (χ4n) is 2.37. The second-order valence-electron chi connectivity index (χ2n) is 5.30. The van der Waals surface area contributed by atoms with Crippen molar-refractivity contribution in [2.24, 2.45) is 0 Å². The van der Waals surface area contributed by atoms with E-state index in [9.17, 15) is 4.79 Å². The Morgan fingerprint density at radius 1 is 0.760 bits per heavy atom. The van der Waals surface area contributed by atoms with Crippen molar-refractivity contribution in [1.82, 2.24) is 0 Å². The van der Waals surface area contributed by atoms with Crippen LogP contribution in [0.25, 0.3) is 0 Å². The van der Waals surface area contributed by atoms with Crippen molar-refractivity contribution in [3.8, 4) is 0 Å². The maximum atomic E-state index is 12.7. The van der Waals surface area contributed by atoms with E-state index < -0.39 is 0 Å². The summed E-state index contributed by atoms with van der Waals surface area (Å²) in [6.07, 6.45) is 0. The molecule has 2 N–H and O–H groups in total. The van der Waals surface area contributed by atoms with Crippen molar-refractivity contribution in [2.75, 3.05) is 10.6 Å². The van der Waals surface area contributed by atoms with E-state index in [1.807, 2.05) is 54.6 Å². The monoisotopic (exact) mass is 366 g/mol. The number of ketones is 1. The fraction of sp³-hybridized carbons (Fsp3) is 0. The highest BCUT2D eigenvalue weighted by Gasteiger charge is 2.14. The van der Waals surface area contributed by atoms with Crippen LogP contribution in [-0.2, 0) is 0 Å². The van der Waals surface area contributed by atoms with Gasteiger partial charge in [-0.15, -0.1) is 0 Å².